The molecule has 0 saturated carbocycles. The summed E-state index contributed by atoms with van der Waals surface area (Å²) in [5.74, 6) is 0.644. The number of nitrogens with zero attached hydrogens (tertiary/aromatic N) is 2. The Balaban J connectivity index is 2.26. The van der Waals surface area contributed by atoms with Gasteiger partial charge in [0.15, 0.2) is 17.7 Å². The van der Waals surface area contributed by atoms with Crippen molar-refractivity contribution in [3.8, 4) is 11.3 Å². The molecular weight excluding hydrogens is 350 g/mol. The minimum Gasteiger partial charge on any atom is -0.394 e. The summed E-state index contributed by atoms with van der Waals surface area (Å²) < 4.78 is 35.4. The first-order chi connectivity index (χ1) is 11.3. The van der Waals surface area contributed by atoms with E-state index >= 15 is 4.39 Å². The van der Waals surface area contributed by atoms with Crippen LogP contribution in [0.25, 0.3) is 11.0 Å². The molecule has 0 spiro atoms. The molecular formula is C13H11ClF2N4O4. The van der Waals surface area contributed by atoms with Crippen LogP contribution in [-0.4, -0.2) is 49.2 Å². The summed E-state index contributed by atoms with van der Waals surface area (Å²) in [6.07, 6.45) is -4.14. The predicted octanol–water partition coefficient (Wildman–Crippen LogP) is -0.396. The number of nitrogens with two attached hydrogens (primary N) is 1. The molecule has 3 heterocycles. The molecule has 1 fully saturated rings. The Bertz CT molecular complexity index is 920. The van der Waals surface area contributed by atoms with Crippen molar-refractivity contribution in [3.63, 3.8) is 0 Å². The molecule has 0 amide bonds. The van der Waals surface area contributed by atoms with E-state index in [1.165, 1.54) is 0 Å². The second-order valence-electron chi connectivity index (χ2n) is 5.18. The smallest absolute Gasteiger partial charge is 0.264 e. The summed E-state index contributed by atoms with van der Waals surface area (Å²) in [6.45, 7) is -0.717. The third kappa shape index (κ3) is 2.25. The lowest BCUT2D eigenvalue weighted by Crippen LogP contribution is -2.42. The van der Waals surface area contributed by atoms with Gasteiger partial charge in [-0.25, -0.2) is 8.78 Å². The number of aliphatic hydroxyl groups is 2. The second-order valence-corrected chi connectivity index (χ2v) is 5.36. The van der Waals surface area contributed by atoms with Crippen molar-refractivity contribution < 1.29 is 23.7 Å². The van der Waals surface area contributed by atoms with Crippen LogP contribution in [0.5, 0.6) is 0 Å². The summed E-state index contributed by atoms with van der Waals surface area (Å²) >= 11 is 5.25. The highest BCUT2D eigenvalue weighted by Crippen LogP contribution is 2.42. The number of anilines is 1. The standard InChI is InChI=1S/C13H11ClF2N4O4/c14-2-1-13(16)8(22)6(4-21)24-11(13)20-3-5(15)7-9(20)18-12(17)19-10(7)23/h3,6,8,11,21-22H,4H2,(H3,17,18,19,23)/t6?,8?,11-,13-/m1/s1. The van der Waals surface area contributed by atoms with Gasteiger partial charge in [0, 0.05) is 11.6 Å². The highest BCUT2D eigenvalue weighted by Gasteiger charge is 2.58. The summed E-state index contributed by atoms with van der Waals surface area (Å²) in [4.78, 5) is 17.7. The Morgan fingerprint density at radius 2 is 2.33 bits per heavy atom. The lowest BCUT2D eigenvalue weighted by atomic mass is 9.97. The van der Waals surface area contributed by atoms with Crippen LogP contribution in [0.4, 0.5) is 14.7 Å². The average Bonchev–Trinajstić information content (AvgIpc) is 2.96. The van der Waals surface area contributed by atoms with Crippen molar-refractivity contribution in [1.29, 1.82) is 0 Å². The molecule has 0 aliphatic carbocycles. The Morgan fingerprint density at radius 3 is 2.96 bits per heavy atom. The third-order valence-corrected chi connectivity index (χ3v) is 3.87. The quantitative estimate of drug-likeness (QED) is 0.540. The zero-order chi connectivity index (χ0) is 17.6. The van der Waals surface area contributed by atoms with E-state index in [2.05, 4.69) is 9.97 Å². The van der Waals surface area contributed by atoms with Crippen molar-refractivity contribution in [1.82, 2.24) is 14.5 Å². The third-order valence-electron chi connectivity index (χ3n) is 3.77. The number of rotatable bonds is 2. The van der Waals surface area contributed by atoms with E-state index in [1.807, 2.05) is 11.3 Å². The number of hydrogen-bond acceptors (Lipinski definition) is 6. The maximum atomic E-state index is 15.2. The first kappa shape index (κ1) is 16.7. The number of halogens is 3. The van der Waals surface area contributed by atoms with Crippen LogP contribution in [0.15, 0.2) is 11.0 Å². The topological polar surface area (TPSA) is 126 Å². The maximum absolute atomic E-state index is 15.2. The van der Waals surface area contributed by atoms with Crippen LogP contribution in [0, 0.1) is 17.1 Å². The molecule has 8 nitrogen and oxygen atoms in total. The van der Waals surface area contributed by atoms with E-state index in [1.54, 1.807) is 0 Å². The first-order valence-corrected chi connectivity index (χ1v) is 7.03. The number of nitrogen functional groups attached to an aromatic ring is 1. The van der Waals surface area contributed by atoms with Crippen molar-refractivity contribution in [2.75, 3.05) is 12.3 Å². The predicted molar refractivity (Wildman–Crippen MR) is 79.2 cm³/mol. The molecule has 1 aliphatic heterocycles. The van der Waals surface area contributed by atoms with Gasteiger partial charge >= 0.3 is 0 Å². The molecule has 2 aromatic rings. The van der Waals surface area contributed by atoms with E-state index in [0.29, 0.717) is 0 Å². The lowest BCUT2D eigenvalue weighted by Gasteiger charge is -2.23. The molecule has 0 bridgehead atoms. The van der Waals surface area contributed by atoms with E-state index in [-0.39, 0.29) is 11.6 Å². The van der Waals surface area contributed by atoms with Gasteiger partial charge < -0.3 is 20.7 Å². The molecule has 0 aromatic carbocycles. The fraction of sp³-hybridized carbons (Fsp3) is 0.385. The lowest BCUT2D eigenvalue weighted by molar-refractivity contribution is -0.0503. The van der Waals surface area contributed by atoms with Crippen LogP contribution in [0.1, 0.15) is 6.23 Å². The van der Waals surface area contributed by atoms with Gasteiger partial charge in [0.1, 0.15) is 17.6 Å². The van der Waals surface area contributed by atoms with Gasteiger partial charge in [-0.05, 0) is 17.5 Å². The summed E-state index contributed by atoms with van der Waals surface area (Å²) in [5.41, 5.74) is 1.50. The van der Waals surface area contributed by atoms with Crippen molar-refractivity contribution in [3.05, 3.63) is 22.4 Å². The summed E-state index contributed by atoms with van der Waals surface area (Å²) in [5, 5.41) is 20.6. The number of aromatic amines is 1. The number of alkyl halides is 1. The highest BCUT2D eigenvalue weighted by atomic mass is 35.5. The molecule has 2 unspecified atom stereocenters. The number of H-pyrrole nitrogens is 1. The fourth-order valence-electron chi connectivity index (χ4n) is 2.68. The van der Waals surface area contributed by atoms with Gasteiger partial charge in [-0.2, -0.15) is 4.98 Å². The first-order valence-electron chi connectivity index (χ1n) is 6.65. The van der Waals surface area contributed by atoms with Gasteiger partial charge in [0.2, 0.25) is 11.6 Å². The minimum absolute atomic E-state index is 0.303. The van der Waals surface area contributed by atoms with E-state index in [0.717, 1.165) is 10.8 Å². The van der Waals surface area contributed by atoms with Crippen LogP contribution in [-0.2, 0) is 4.74 Å². The van der Waals surface area contributed by atoms with Gasteiger partial charge in [-0.15, -0.1) is 0 Å². The van der Waals surface area contributed by atoms with Crippen molar-refractivity contribution in [2.24, 2.45) is 0 Å². The van der Waals surface area contributed by atoms with E-state index in [9.17, 15) is 19.4 Å². The van der Waals surface area contributed by atoms with Gasteiger partial charge in [0.25, 0.3) is 5.56 Å². The molecule has 1 saturated heterocycles. The van der Waals surface area contributed by atoms with Gasteiger partial charge in [-0.1, -0.05) is 0 Å². The Morgan fingerprint density at radius 1 is 1.62 bits per heavy atom. The molecule has 3 rings (SSSR count). The van der Waals surface area contributed by atoms with E-state index in [4.69, 9.17) is 22.1 Å². The number of aromatic nitrogens is 3. The number of nitrogens with one attached hydrogen (secondary N) is 1. The molecule has 1 aliphatic rings. The van der Waals surface area contributed by atoms with Crippen molar-refractivity contribution >= 4 is 28.6 Å². The zero-order valence-electron chi connectivity index (χ0n) is 11.8. The highest BCUT2D eigenvalue weighted by molar-refractivity contribution is 6.30. The number of hydrogen-bond donors (Lipinski definition) is 4. The summed E-state index contributed by atoms with van der Waals surface area (Å²) in [6, 6.07) is 0. The zero-order valence-corrected chi connectivity index (χ0v) is 12.6. The molecule has 128 valence electrons. The number of ether oxygens (including phenoxy) is 1. The van der Waals surface area contributed by atoms with Crippen LogP contribution < -0.4 is 11.3 Å². The molecule has 4 atom stereocenters. The Kier molecular flexibility index (Phi) is 3.97. The van der Waals surface area contributed by atoms with Crippen LogP contribution in [0.2, 0.25) is 0 Å². The fourth-order valence-corrected chi connectivity index (χ4v) is 2.83. The molecule has 5 N–H and O–H groups in total. The normalized spacial score (nSPS) is 29.6. The van der Waals surface area contributed by atoms with Crippen LogP contribution in [0.3, 0.4) is 0 Å². The van der Waals surface area contributed by atoms with Crippen molar-refractivity contribution in [2.45, 2.75) is 24.1 Å². The molecule has 24 heavy (non-hydrogen) atoms. The number of aliphatic hydroxyl groups excluding tert-OH is 2. The Labute approximate surface area is 137 Å². The molecule has 2 aromatic heterocycles. The average molecular weight is 361 g/mol. The van der Waals surface area contributed by atoms with Gasteiger partial charge in [-0.3, -0.25) is 14.3 Å². The Hall–Kier alpha value is -2.19. The van der Waals surface area contributed by atoms with Crippen LogP contribution >= 0.6 is 11.6 Å². The van der Waals surface area contributed by atoms with E-state index < -0.39 is 47.5 Å². The monoisotopic (exact) mass is 360 g/mol. The van der Waals surface area contributed by atoms with Gasteiger partial charge in [0.05, 0.1) is 6.61 Å². The largest absolute Gasteiger partial charge is 0.394 e. The second kappa shape index (κ2) is 5.71. The minimum atomic E-state index is -2.77. The molecule has 0 radical (unpaired) electrons. The molecule has 11 heteroatoms. The SMILES string of the molecule is Nc1nc2c(c(F)cn2[C@@H]2OC(CO)C(O)[C@]2(F)C#CCl)c(=O)[nH]1. The number of fused-ring (bicyclic) bond motifs is 1. The maximum Gasteiger partial charge on any atom is 0.264 e. The summed E-state index contributed by atoms with van der Waals surface area (Å²) in [7, 11) is 0.